The second-order valence-electron chi connectivity index (χ2n) is 8.47. The van der Waals surface area contributed by atoms with Crippen LogP contribution < -0.4 is 4.74 Å². The Hall–Kier alpha value is -3.15. The summed E-state index contributed by atoms with van der Waals surface area (Å²) in [7, 11) is 0. The number of amides is 2. The summed E-state index contributed by atoms with van der Waals surface area (Å²) < 4.78 is 18.9. The minimum absolute atomic E-state index is 0.00561. The van der Waals surface area contributed by atoms with Gasteiger partial charge >= 0.3 is 0 Å². The molecular weight excluding hydrogens is 395 g/mol. The molecule has 0 saturated carbocycles. The van der Waals surface area contributed by atoms with Crippen LogP contribution in [0.2, 0.25) is 0 Å². The molecule has 0 radical (unpaired) electrons. The fourth-order valence-electron chi connectivity index (χ4n) is 4.53. The minimum Gasteiger partial charge on any atom is -0.490 e. The van der Waals surface area contributed by atoms with Crippen molar-refractivity contribution in [3.05, 3.63) is 78.1 Å². The van der Waals surface area contributed by atoms with Crippen LogP contribution in [0, 0.1) is 11.2 Å². The van der Waals surface area contributed by atoms with Gasteiger partial charge in [-0.15, -0.1) is 0 Å². The van der Waals surface area contributed by atoms with E-state index in [4.69, 9.17) is 4.74 Å². The standard InChI is InChI=1S/C25H27FN2O3/c1-2-14-31-22-8-6-20(7-9-22)24(30)27-12-10-25(11-13-27)16-23(29)28(18-25)17-19-4-3-5-21(26)15-19/h2-9,15H,1,10-14,16-18H2. The average Bonchev–Trinajstić information content (AvgIpc) is 3.07. The zero-order valence-corrected chi connectivity index (χ0v) is 17.6. The quantitative estimate of drug-likeness (QED) is 0.660. The number of carbonyl (C=O) groups excluding carboxylic acids is 2. The van der Waals surface area contributed by atoms with Crippen LogP contribution in [0.5, 0.6) is 5.75 Å². The molecule has 5 nitrogen and oxygen atoms in total. The summed E-state index contributed by atoms with van der Waals surface area (Å²) in [4.78, 5) is 29.2. The molecule has 2 fully saturated rings. The van der Waals surface area contributed by atoms with Crippen molar-refractivity contribution in [2.45, 2.75) is 25.8 Å². The van der Waals surface area contributed by atoms with E-state index in [0.29, 0.717) is 50.5 Å². The molecule has 4 rings (SSSR count). The van der Waals surface area contributed by atoms with Crippen molar-refractivity contribution in [2.24, 2.45) is 5.41 Å². The van der Waals surface area contributed by atoms with Crippen LogP contribution in [0.15, 0.2) is 61.2 Å². The third-order valence-electron chi connectivity index (χ3n) is 6.25. The van der Waals surface area contributed by atoms with E-state index >= 15 is 0 Å². The summed E-state index contributed by atoms with van der Waals surface area (Å²) in [6, 6.07) is 13.6. The van der Waals surface area contributed by atoms with E-state index in [0.717, 1.165) is 18.4 Å². The molecule has 0 atom stereocenters. The van der Waals surface area contributed by atoms with Crippen LogP contribution >= 0.6 is 0 Å². The Bertz CT molecular complexity index is 965. The maximum absolute atomic E-state index is 13.5. The molecule has 2 amide bonds. The number of rotatable bonds is 6. The van der Waals surface area contributed by atoms with Gasteiger partial charge in [0.05, 0.1) is 0 Å². The predicted octanol–water partition coefficient (Wildman–Crippen LogP) is 4.05. The number of likely N-dealkylation sites (tertiary alicyclic amines) is 2. The molecule has 2 aliphatic rings. The van der Waals surface area contributed by atoms with Crippen molar-refractivity contribution in [2.75, 3.05) is 26.2 Å². The van der Waals surface area contributed by atoms with Crippen LogP contribution in [0.25, 0.3) is 0 Å². The fourth-order valence-corrected chi connectivity index (χ4v) is 4.53. The third-order valence-corrected chi connectivity index (χ3v) is 6.25. The molecule has 31 heavy (non-hydrogen) atoms. The SMILES string of the molecule is C=CCOc1ccc(C(=O)N2CCC3(CC2)CC(=O)N(Cc2cccc(F)c2)C3)cc1. The fraction of sp³-hybridized carbons (Fsp3) is 0.360. The summed E-state index contributed by atoms with van der Waals surface area (Å²) >= 11 is 0. The second kappa shape index (κ2) is 8.92. The number of benzene rings is 2. The highest BCUT2D eigenvalue weighted by atomic mass is 19.1. The van der Waals surface area contributed by atoms with Crippen LogP contribution in [-0.4, -0.2) is 47.9 Å². The van der Waals surface area contributed by atoms with Gasteiger partial charge in [0, 0.05) is 43.6 Å². The van der Waals surface area contributed by atoms with E-state index in [-0.39, 0.29) is 23.0 Å². The molecule has 2 saturated heterocycles. The Balaban J connectivity index is 1.34. The van der Waals surface area contributed by atoms with Gasteiger partial charge in [-0.05, 0) is 54.8 Å². The topological polar surface area (TPSA) is 49.9 Å². The van der Waals surface area contributed by atoms with Gasteiger partial charge in [-0.2, -0.15) is 0 Å². The largest absolute Gasteiger partial charge is 0.490 e. The maximum Gasteiger partial charge on any atom is 0.253 e. The van der Waals surface area contributed by atoms with Crippen LogP contribution in [0.4, 0.5) is 4.39 Å². The van der Waals surface area contributed by atoms with Gasteiger partial charge in [0.25, 0.3) is 5.91 Å². The Morgan fingerprint density at radius 2 is 1.90 bits per heavy atom. The van der Waals surface area contributed by atoms with Crippen molar-refractivity contribution in [3.8, 4) is 5.75 Å². The monoisotopic (exact) mass is 422 g/mol. The molecule has 0 aromatic heterocycles. The number of carbonyl (C=O) groups is 2. The molecule has 0 aliphatic carbocycles. The van der Waals surface area contributed by atoms with Gasteiger partial charge in [0.15, 0.2) is 0 Å². The molecule has 6 heteroatoms. The number of ether oxygens (including phenoxy) is 1. The summed E-state index contributed by atoms with van der Waals surface area (Å²) in [6.07, 6.45) is 3.77. The highest BCUT2D eigenvalue weighted by molar-refractivity contribution is 5.94. The first kappa shape index (κ1) is 21.1. The lowest BCUT2D eigenvalue weighted by Crippen LogP contribution is -2.44. The first-order valence-corrected chi connectivity index (χ1v) is 10.6. The number of hydrogen-bond donors (Lipinski definition) is 0. The van der Waals surface area contributed by atoms with E-state index in [2.05, 4.69) is 6.58 Å². The maximum atomic E-state index is 13.5. The van der Waals surface area contributed by atoms with Gasteiger partial charge in [0.2, 0.25) is 5.91 Å². The van der Waals surface area contributed by atoms with E-state index < -0.39 is 0 Å². The highest BCUT2D eigenvalue weighted by Crippen LogP contribution is 2.41. The smallest absolute Gasteiger partial charge is 0.253 e. The van der Waals surface area contributed by atoms with Crippen molar-refractivity contribution in [1.82, 2.24) is 9.80 Å². The highest BCUT2D eigenvalue weighted by Gasteiger charge is 2.45. The molecule has 0 N–H and O–H groups in total. The molecular formula is C25H27FN2O3. The Morgan fingerprint density at radius 3 is 2.58 bits per heavy atom. The van der Waals surface area contributed by atoms with E-state index in [1.807, 2.05) is 15.9 Å². The number of hydrogen-bond acceptors (Lipinski definition) is 3. The van der Waals surface area contributed by atoms with Gasteiger partial charge in [0.1, 0.15) is 18.2 Å². The summed E-state index contributed by atoms with van der Waals surface area (Å²) in [5.74, 6) is 0.535. The average molecular weight is 423 g/mol. The molecule has 2 aliphatic heterocycles. The normalized spacial score (nSPS) is 17.8. The van der Waals surface area contributed by atoms with E-state index in [1.54, 1.807) is 36.4 Å². The van der Waals surface area contributed by atoms with Gasteiger partial charge in [-0.3, -0.25) is 9.59 Å². The molecule has 2 aromatic carbocycles. The number of nitrogens with zero attached hydrogens (tertiary/aromatic N) is 2. The Morgan fingerprint density at radius 1 is 1.16 bits per heavy atom. The first-order chi connectivity index (χ1) is 15.0. The van der Waals surface area contributed by atoms with E-state index in [1.165, 1.54) is 12.1 Å². The minimum atomic E-state index is -0.286. The lowest BCUT2D eigenvalue weighted by Gasteiger charge is -2.38. The summed E-state index contributed by atoms with van der Waals surface area (Å²) in [5, 5.41) is 0. The Labute approximate surface area is 182 Å². The second-order valence-corrected chi connectivity index (χ2v) is 8.47. The molecule has 2 aromatic rings. The molecule has 162 valence electrons. The summed E-state index contributed by atoms with van der Waals surface area (Å²) in [6.45, 7) is 6.41. The van der Waals surface area contributed by atoms with Crippen molar-refractivity contribution < 1.29 is 18.7 Å². The van der Waals surface area contributed by atoms with Crippen LogP contribution in [0.3, 0.4) is 0 Å². The lowest BCUT2D eigenvalue weighted by molar-refractivity contribution is -0.128. The number of piperidine rings is 1. The zero-order chi connectivity index (χ0) is 21.8. The first-order valence-electron chi connectivity index (χ1n) is 10.6. The van der Waals surface area contributed by atoms with Gasteiger partial charge < -0.3 is 14.5 Å². The molecule has 2 heterocycles. The van der Waals surface area contributed by atoms with Gasteiger partial charge in [-0.25, -0.2) is 4.39 Å². The molecule has 1 spiro atoms. The van der Waals surface area contributed by atoms with Gasteiger partial charge in [-0.1, -0.05) is 24.8 Å². The third kappa shape index (κ3) is 4.79. The zero-order valence-electron chi connectivity index (χ0n) is 17.6. The van der Waals surface area contributed by atoms with Crippen molar-refractivity contribution in [3.63, 3.8) is 0 Å². The van der Waals surface area contributed by atoms with Crippen molar-refractivity contribution in [1.29, 1.82) is 0 Å². The summed E-state index contributed by atoms with van der Waals surface area (Å²) in [5.41, 5.74) is 1.35. The lowest BCUT2D eigenvalue weighted by atomic mass is 9.77. The molecule has 0 bridgehead atoms. The van der Waals surface area contributed by atoms with E-state index in [9.17, 15) is 14.0 Å². The number of halogens is 1. The van der Waals surface area contributed by atoms with Crippen LogP contribution in [0.1, 0.15) is 35.2 Å². The van der Waals surface area contributed by atoms with Crippen LogP contribution in [-0.2, 0) is 11.3 Å². The van der Waals surface area contributed by atoms with Crippen molar-refractivity contribution >= 4 is 11.8 Å². The predicted molar refractivity (Wildman–Crippen MR) is 116 cm³/mol. The molecule has 0 unspecified atom stereocenters. The Kier molecular flexibility index (Phi) is 6.07.